The number of hydrogen-bond donors (Lipinski definition) is 1. The number of carbonyl (C=O) groups excluding carboxylic acids is 1. The summed E-state index contributed by atoms with van der Waals surface area (Å²) < 4.78 is 0. The molecular weight excluding hydrogens is 230 g/mol. The maximum atomic E-state index is 12.0. The van der Waals surface area contributed by atoms with Crippen LogP contribution in [0.3, 0.4) is 0 Å². The summed E-state index contributed by atoms with van der Waals surface area (Å²) >= 11 is 1.72. The first-order valence-corrected chi connectivity index (χ1v) is 7.48. The van der Waals surface area contributed by atoms with Crippen LogP contribution in [-0.2, 0) is 11.2 Å². The Bertz CT molecular complexity index is 390. The first kappa shape index (κ1) is 11.3. The zero-order valence-corrected chi connectivity index (χ0v) is 11.0. The van der Waals surface area contributed by atoms with Crippen LogP contribution < -0.4 is 5.32 Å². The highest BCUT2D eigenvalue weighted by Gasteiger charge is 2.48. The van der Waals surface area contributed by atoms with Gasteiger partial charge in [0.2, 0.25) is 5.91 Å². The molecule has 3 unspecified atom stereocenters. The predicted octanol–water partition coefficient (Wildman–Crippen LogP) is 2.84. The summed E-state index contributed by atoms with van der Waals surface area (Å²) in [6, 6.07) is 2.40. The molecule has 3 heteroatoms. The van der Waals surface area contributed by atoms with Gasteiger partial charge >= 0.3 is 0 Å². The quantitative estimate of drug-likeness (QED) is 0.873. The number of rotatable bonds is 4. The minimum absolute atomic E-state index is 0.258. The van der Waals surface area contributed by atoms with Gasteiger partial charge in [-0.25, -0.2) is 0 Å². The summed E-state index contributed by atoms with van der Waals surface area (Å²) in [7, 11) is 0. The van der Waals surface area contributed by atoms with Crippen LogP contribution in [0.5, 0.6) is 0 Å². The highest BCUT2D eigenvalue weighted by molar-refractivity contribution is 7.07. The topological polar surface area (TPSA) is 29.1 Å². The zero-order valence-electron chi connectivity index (χ0n) is 10.2. The lowest BCUT2D eigenvalue weighted by Gasteiger charge is -2.17. The van der Waals surface area contributed by atoms with Gasteiger partial charge in [-0.05, 0) is 66.8 Å². The van der Waals surface area contributed by atoms with E-state index in [0.29, 0.717) is 11.8 Å². The lowest BCUT2D eigenvalue weighted by molar-refractivity contribution is -0.125. The first-order valence-electron chi connectivity index (χ1n) is 6.54. The van der Waals surface area contributed by atoms with Crippen LogP contribution in [0, 0.1) is 17.8 Å². The summed E-state index contributed by atoms with van der Waals surface area (Å²) in [5, 5.41) is 7.42. The van der Waals surface area contributed by atoms with Gasteiger partial charge in [-0.3, -0.25) is 4.79 Å². The molecule has 2 nitrogen and oxygen atoms in total. The predicted molar refractivity (Wildman–Crippen MR) is 69.9 cm³/mol. The molecule has 1 N–H and O–H groups in total. The van der Waals surface area contributed by atoms with Crippen molar-refractivity contribution < 1.29 is 4.79 Å². The number of fused-ring (bicyclic) bond motifs is 1. The van der Waals surface area contributed by atoms with Crippen molar-refractivity contribution in [3.05, 3.63) is 22.4 Å². The van der Waals surface area contributed by atoms with E-state index >= 15 is 0 Å². The van der Waals surface area contributed by atoms with Crippen LogP contribution in [0.25, 0.3) is 0 Å². The van der Waals surface area contributed by atoms with Gasteiger partial charge in [0.15, 0.2) is 0 Å². The van der Waals surface area contributed by atoms with Crippen molar-refractivity contribution in [3.63, 3.8) is 0 Å². The third kappa shape index (κ3) is 2.54. The molecule has 1 aromatic rings. The highest BCUT2D eigenvalue weighted by Crippen LogP contribution is 2.54. The van der Waals surface area contributed by atoms with Gasteiger partial charge in [-0.2, -0.15) is 11.3 Å². The van der Waals surface area contributed by atoms with Crippen LogP contribution in [0.15, 0.2) is 16.8 Å². The van der Waals surface area contributed by atoms with Crippen molar-refractivity contribution in [2.75, 3.05) is 0 Å². The van der Waals surface area contributed by atoms with Crippen molar-refractivity contribution in [2.45, 2.75) is 38.6 Å². The van der Waals surface area contributed by atoms with Gasteiger partial charge in [-0.1, -0.05) is 0 Å². The molecule has 1 amide bonds. The molecule has 92 valence electrons. The van der Waals surface area contributed by atoms with Crippen LogP contribution in [0.1, 0.15) is 31.7 Å². The molecular formula is C14H19NOS. The number of nitrogens with one attached hydrogen (secondary N) is 1. The largest absolute Gasteiger partial charge is 0.353 e. The summed E-state index contributed by atoms with van der Waals surface area (Å²) in [6.07, 6.45) is 4.62. The van der Waals surface area contributed by atoms with Gasteiger partial charge in [0, 0.05) is 12.0 Å². The average molecular weight is 249 g/mol. The van der Waals surface area contributed by atoms with Gasteiger partial charge in [0.05, 0.1) is 0 Å². The van der Waals surface area contributed by atoms with Crippen LogP contribution in [0.2, 0.25) is 0 Å². The molecule has 3 rings (SSSR count). The molecule has 0 spiro atoms. The molecule has 3 atom stereocenters. The summed E-state index contributed by atoms with van der Waals surface area (Å²) in [4.78, 5) is 12.0. The highest BCUT2D eigenvalue weighted by atomic mass is 32.1. The number of thiophene rings is 1. The maximum Gasteiger partial charge on any atom is 0.223 e. The Morgan fingerprint density at radius 3 is 2.88 bits per heavy atom. The van der Waals surface area contributed by atoms with E-state index in [9.17, 15) is 4.79 Å². The monoisotopic (exact) mass is 249 g/mol. The lowest BCUT2D eigenvalue weighted by Crippen LogP contribution is -2.38. The first-order chi connectivity index (χ1) is 8.22. The zero-order chi connectivity index (χ0) is 11.8. The molecule has 0 aromatic carbocycles. The SMILES string of the molecule is CC(Cc1ccsc1)NC(=O)C1CC2CC2C1. The maximum absolute atomic E-state index is 12.0. The van der Waals surface area contributed by atoms with Crippen LogP contribution >= 0.6 is 11.3 Å². The fraction of sp³-hybridized carbons (Fsp3) is 0.643. The van der Waals surface area contributed by atoms with E-state index in [4.69, 9.17) is 0 Å². The van der Waals surface area contributed by atoms with Gasteiger partial charge in [-0.15, -0.1) is 0 Å². The Morgan fingerprint density at radius 1 is 1.47 bits per heavy atom. The van der Waals surface area contributed by atoms with Crippen LogP contribution in [0.4, 0.5) is 0 Å². The second-order valence-corrected chi connectivity index (χ2v) is 6.45. The molecule has 1 heterocycles. The smallest absolute Gasteiger partial charge is 0.223 e. The fourth-order valence-electron chi connectivity index (χ4n) is 3.10. The lowest BCUT2D eigenvalue weighted by atomic mass is 10.0. The number of hydrogen-bond acceptors (Lipinski definition) is 2. The van der Waals surface area contributed by atoms with E-state index in [0.717, 1.165) is 31.1 Å². The van der Waals surface area contributed by atoms with E-state index < -0.39 is 0 Å². The molecule has 2 aliphatic rings. The molecule has 2 fully saturated rings. The fourth-order valence-corrected chi connectivity index (χ4v) is 3.78. The van der Waals surface area contributed by atoms with E-state index in [2.05, 4.69) is 29.1 Å². The van der Waals surface area contributed by atoms with Gasteiger partial charge < -0.3 is 5.32 Å². The van der Waals surface area contributed by atoms with E-state index in [1.807, 2.05) is 0 Å². The summed E-state index contributed by atoms with van der Waals surface area (Å²) in [5.74, 6) is 2.37. The van der Waals surface area contributed by atoms with Crippen molar-refractivity contribution in [1.82, 2.24) is 5.32 Å². The summed E-state index contributed by atoms with van der Waals surface area (Å²) in [5.41, 5.74) is 1.33. The number of carbonyl (C=O) groups is 1. The Kier molecular flexibility index (Phi) is 2.95. The average Bonchev–Trinajstić information content (AvgIpc) is 2.74. The molecule has 17 heavy (non-hydrogen) atoms. The standard InChI is InChI=1S/C14H19NOS/c1-9(4-10-2-3-17-8-10)15-14(16)13-6-11-5-12(11)7-13/h2-3,8-9,11-13H,4-7H2,1H3,(H,15,16). The Hall–Kier alpha value is -0.830. The van der Waals surface area contributed by atoms with E-state index in [1.54, 1.807) is 11.3 Å². The second kappa shape index (κ2) is 4.45. The number of amides is 1. The van der Waals surface area contributed by atoms with E-state index in [1.165, 1.54) is 12.0 Å². The van der Waals surface area contributed by atoms with Gasteiger partial charge in [0.25, 0.3) is 0 Å². The van der Waals surface area contributed by atoms with Gasteiger partial charge in [0.1, 0.15) is 0 Å². The summed E-state index contributed by atoms with van der Waals surface area (Å²) in [6.45, 7) is 2.10. The van der Waals surface area contributed by atoms with Crippen LogP contribution in [-0.4, -0.2) is 11.9 Å². The van der Waals surface area contributed by atoms with Crippen molar-refractivity contribution in [3.8, 4) is 0 Å². The normalized spacial score (nSPS) is 31.9. The molecule has 2 aliphatic carbocycles. The third-order valence-corrected chi connectivity index (χ3v) is 4.86. The molecule has 0 bridgehead atoms. The minimum Gasteiger partial charge on any atom is -0.353 e. The molecule has 0 radical (unpaired) electrons. The molecule has 2 saturated carbocycles. The molecule has 0 saturated heterocycles. The van der Waals surface area contributed by atoms with Crippen molar-refractivity contribution >= 4 is 17.2 Å². The third-order valence-electron chi connectivity index (χ3n) is 4.13. The Morgan fingerprint density at radius 2 is 2.24 bits per heavy atom. The Balaban J connectivity index is 1.47. The second-order valence-electron chi connectivity index (χ2n) is 5.67. The Labute approximate surface area is 106 Å². The minimum atomic E-state index is 0.258. The van der Waals surface area contributed by atoms with E-state index in [-0.39, 0.29) is 6.04 Å². The van der Waals surface area contributed by atoms with Crippen molar-refractivity contribution in [1.29, 1.82) is 0 Å². The van der Waals surface area contributed by atoms with Crippen molar-refractivity contribution in [2.24, 2.45) is 17.8 Å². The molecule has 1 aromatic heterocycles. The molecule has 0 aliphatic heterocycles.